The van der Waals surface area contributed by atoms with E-state index in [-0.39, 0.29) is 12.1 Å². The minimum atomic E-state index is 0.151. The van der Waals surface area contributed by atoms with E-state index in [2.05, 4.69) is 28.1 Å². The molecule has 0 radical (unpaired) electrons. The number of anilines is 1. The smallest absolute Gasteiger partial charge is 0.169 e. The van der Waals surface area contributed by atoms with Crippen LogP contribution in [0.2, 0.25) is 0 Å². The summed E-state index contributed by atoms with van der Waals surface area (Å²) in [6.45, 7) is 9.40. The van der Waals surface area contributed by atoms with Crippen molar-refractivity contribution in [2.45, 2.75) is 46.3 Å². The molecule has 19 heavy (non-hydrogen) atoms. The molecule has 0 aliphatic carbocycles. The molecule has 0 saturated carbocycles. The number of ether oxygens (including phenoxy) is 1. The maximum Gasteiger partial charge on any atom is 0.169 e. The predicted molar refractivity (Wildman–Crippen MR) is 73.1 cm³/mol. The van der Waals surface area contributed by atoms with E-state index in [9.17, 15) is 5.26 Å². The van der Waals surface area contributed by atoms with E-state index in [1.54, 1.807) is 0 Å². The van der Waals surface area contributed by atoms with Crippen molar-refractivity contribution in [1.29, 1.82) is 5.26 Å². The zero-order valence-electron chi connectivity index (χ0n) is 12.0. The number of nitriles is 1. The Labute approximate surface area is 114 Å². The number of hydrogen-bond acceptors (Lipinski definition) is 5. The number of hydrogen-bond donors (Lipinski definition) is 0. The normalized spacial score (nSPS) is 23.2. The summed E-state index contributed by atoms with van der Waals surface area (Å²) in [5.41, 5.74) is 2.37. The molecule has 1 fully saturated rings. The van der Waals surface area contributed by atoms with Crippen molar-refractivity contribution >= 4 is 5.82 Å². The van der Waals surface area contributed by atoms with Crippen LogP contribution in [0.3, 0.4) is 0 Å². The first-order valence-electron chi connectivity index (χ1n) is 6.70. The Kier molecular flexibility index (Phi) is 4.01. The van der Waals surface area contributed by atoms with Crippen LogP contribution in [-0.2, 0) is 4.74 Å². The molecule has 2 unspecified atom stereocenters. The Hall–Kier alpha value is -1.67. The van der Waals surface area contributed by atoms with Gasteiger partial charge in [-0.3, -0.25) is 0 Å². The molecule has 1 aliphatic rings. The van der Waals surface area contributed by atoms with Gasteiger partial charge in [0.05, 0.1) is 24.4 Å². The van der Waals surface area contributed by atoms with Crippen molar-refractivity contribution in [2.24, 2.45) is 0 Å². The molecule has 5 nitrogen and oxygen atoms in total. The highest BCUT2D eigenvalue weighted by Crippen LogP contribution is 2.26. The van der Waals surface area contributed by atoms with Crippen LogP contribution in [0.25, 0.3) is 0 Å². The van der Waals surface area contributed by atoms with Gasteiger partial charge in [0, 0.05) is 6.54 Å². The third kappa shape index (κ3) is 2.54. The molecule has 0 aromatic carbocycles. The van der Waals surface area contributed by atoms with Gasteiger partial charge in [-0.15, -0.1) is 5.10 Å². The van der Waals surface area contributed by atoms with Gasteiger partial charge in [0.1, 0.15) is 11.6 Å². The summed E-state index contributed by atoms with van der Waals surface area (Å²) in [6.07, 6.45) is 1.12. The van der Waals surface area contributed by atoms with Crippen LogP contribution in [0.4, 0.5) is 5.82 Å². The lowest BCUT2D eigenvalue weighted by atomic mass is 10.1. The van der Waals surface area contributed by atoms with Crippen LogP contribution in [0, 0.1) is 25.2 Å². The summed E-state index contributed by atoms with van der Waals surface area (Å²) in [4.78, 5) is 2.17. The summed E-state index contributed by atoms with van der Waals surface area (Å²) < 4.78 is 5.69. The van der Waals surface area contributed by atoms with E-state index < -0.39 is 0 Å². The first kappa shape index (κ1) is 13.8. The van der Waals surface area contributed by atoms with Crippen LogP contribution < -0.4 is 4.90 Å². The summed E-state index contributed by atoms with van der Waals surface area (Å²) in [6, 6.07) is 2.54. The maximum absolute atomic E-state index is 9.40. The SMILES string of the molecule is CCC1COC(C)CN1c1nnc(C)c(C)c1C#N. The van der Waals surface area contributed by atoms with Crippen LogP contribution >= 0.6 is 0 Å². The van der Waals surface area contributed by atoms with Gasteiger partial charge < -0.3 is 9.64 Å². The molecule has 1 aromatic heterocycles. The third-order valence-corrected chi connectivity index (χ3v) is 3.76. The van der Waals surface area contributed by atoms with E-state index in [0.717, 1.165) is 24.2 Å². The van der Waals surface area contributed by atoms with E-state index in [1.807, 2.05) is 20.8 Å². The van der Waals surface area contributed by atoms with Crippen molar-refractivity contribution in [3.8, 4) is 6.07 Å². The minimum Gasteiger partial charge on any atom is -0.375 e. The highest BCUT2D eigenvalue weighted by atomic mass is 16.5. The average molecular weight is 260 g/mol. The van der Waals surface area contributed by atoms with Crippen molar-refractivity contribution in [3.05, 3.63) is 16.8 Å². The molecule has 1 aromatic rings. The molecule has 2 rings (SSSR count). The Morgan fingerprint density at radius 1 is 1.42 bits per heavy atom. The topological polar surface area (TPSA) is 62.0 Å². The minimum absolute atomic E-state index is 0.151. The fraction of sp³-hybridized carbons (Fsp3) is 0.643. The average Bonchev–Trinajstić information content (AvgIpc) is 2.41. The zero-order valence-corrected chi connectivity index (χ0v) is 12.0. The quantitative estimate of drug-likeness (QED) is 0.813. The third-order valence-electron chi connectivity index (χ3n) is 3.76. The lowest BCUT2D eigenvalue weighted by molar-refractivity contribution is 0.0295. The van der Waals surface area contributed by atoms with E-state index in [4.69, 9.17) is 4.74 Å². The second kappa shape index (κ2) is 5.54. The molecule has 2 heterocycles. The van der Waals surface area contributed by atoms with Crippen molar-refractivity contribution in [3.63, 3.8) is 0 Å². The number of morpholine rings is 1. The number of aryl methyl sites for hydroxylation is 1. The molecule has 1 aliphatic heterocycles. The second-order valence-corrected chi connectivity index (χ2v) is 5.08. The van der Waals surface area contributed by atoms with E-state index in [1.165, 1.54) is 0 Å². The van der Waals surface area contributed by atoms with Crippen molar-refractivity contribution < 1.29 is 4.74 Å². The molecule has 1 saturated heterocycles. The van der Waals surface area contributed by atoms with Gasteiger partial charge in [-0.1, -0.05) is 6.92 Å². The van der Waals surface area contributed by atoms with E-state index >= 15 is 0 Å². The molecule has 0 spiro atoms. The fourth-order valence-corrected chi connectivity index (χ4v) is 2.37. The Morgan fingerprint density at radius 2 is 2.16 bits per heavy atom. The Bertz CT molecular complexity index is 509. The molecule has 102 valence electrons. The second-order valence-electron chi connectivity index (χ2n) is 5.08. The first-order chi connectivity index (χ1) is 9.08. The standard InChI is InChI=1S/C14H20N4O/c1-5-12-8-19-9(2)7-18(12)14-13(6-15)10(3)11(4)16-17-14/h9,12H,5,7-8H2,1-4H3. The number of rotatable bonds is 2. The fourth-order valence-electron chi connectivity index (χ4n) is 2.37. The maximum atomic E-state index is 9.40. The summed E-state index contributed by atoms with van der Waals surface area (Å²) >= 11 is 0. The van der Waals surface area contributed by atoms with Gasteiger partial charge >= 0.3 is 0 Å². The lowest BCUT2D eigenvalue weighted by Gasteiger charge is -2.39. The molecule has 2 atom stereocenters. The summed E-state index contributed by atoms with van der Waals surface area (Å²) in [5, 5.41) is 17.8. The monoisotopic (exact) mass is 260 g/mol. The molecular weight excluding hydrogens is 240 g/mol. The summed E-state index contributed by atoms with van der Waals surface area (Å²) in [5.74, 6) is 0.701. The first-order valence-corrected chi connectivity index (χ1v) is 6.70. The van der Waals surface area contributed by atoms with Crippen LogP contribution in [0.1, 0.15) is 37.1 Å². The Morgan fingerprint density at radius 3 is 2.79 bits per heavy atom. The van der Waals surface area contributed by atoms with Gasteiger partial charge in [-0.2, -0.15) is 10.4 Å². The van der Waals surface area contributed by atoms with Crippen molar-refractivity contribution in [1.82, 2.24) is 10.2 Å². The number of nitrogens with zero attached hydrogens (tertiary/aromatic N) is 4. The van der Waals surface area contributed by atoms with Crippen LogP contribution in [0.15, 0.2) is 0 Å². The Balaban J connectivity index is 2.45. The van der Waals surface area contributed by atoms with Gasteiger partial charge in [-0.25, -0.2) is 0 Å². The summed E-state index contributed by atoms with van der Waals surface area (Å²) in [7, 11) is 0. The molecule has 0 bridgehead atoms. The lowest BCUT2D eigenvalue weighted by Crippen LogP contribution is -2.49. The zero-order chi connectivity index (χ0) is 14.0. The van der Waals surface area contributed by atoms with Gasteiger partial charge in [0.2, 0.25) is 0 Å². The van der Waals surface area contributed by atoms with E-state index in [0.29, 0.717) is 18.0 Å². The number of aromatic nitrogens is 2. The van der Waals surface area contributed by atoms with Crippen LogP contribution in [-0.4, -0.2) is 35.5 Å². The molecule has 5 heteroatoms. The highest BCUT2D eigenvalue weighted by molar-refractivity contribution is 5.58. The van der Waals surface area contributed by atoms with Crippen molar-refractivity contribution in [2.75, 3.05) is 18.1 Å². The molecular formula is C14H20N4O. The van der Waals surface area contributed by atoms with Gasteiger partial charge in [-0.05, 0) is 32.8 Å². The van der Waals surface area contributed by atoms with Crippen LogP contribution in [0.5, 0.6) is 0 Å². The molecule has 0 amide bonds. The largest absolute Gasteiger partial charge is 0.375 e. The highest BCUT2D eigenvalue weighted by Gasteiger charge is 2.29. The van der Waals surface area contributed by atoms with Gasteiger partial charge in [0.25, 0.3) is 0 Å². The predicted octanol–water partition coefficient (Wildman–Crippen LogP) is 1.97. The van der Waals surface area contributed by atoms with Gasteiger partial charge in [0.15, 0.2) is 5.82 Å². The molecule has 0 N–H and O–H groups in total.